The molecule has 5 rings (SSSR count). The van der Waals surface area contributed by atoms with Crippen LogP contribution in [0.3, 0.4) is 0 Å². The number of aryl methyl sites for hydroxylation is 1. The minimum atomic E-state index is -0.971. The number of aliphatic hydroxyl groups excluding tert-OH is 1. The van der Waals surface area contributed by atoms with Gasteiger partial charge in [-0.15, -0.1) is 0 Å². The van der Waals surface area contributed by atoms with E-state index < -0.39 is 11.9 Å². The van der Waals surface area contributed by atoms with E-state index >= 15 is 0 Å². The number of aromatic amines is 1. The molecule has 2 fully saturated rings. The number of nitrogens with one attached hydrogen (secondary N) is 2. The maximum absolute atomic E-state index is 13.4. The standard InChI is InChI=1S/C22H25FN6O2/c1-13-8-17(25-9-16(13)23)18(30)10-26-21(31)15-3-7-29(11-22(15)4-5-22)20-14-2-6-24-19(14)27-12-28-20/h2,6,8-9,12,15,18,30H,3-5,7,10-11H2,1H3,(H,26,31)(H,24,27,28)/t15-,18-/m1/s1. The third-order valence-corrected chi connectivity index (χ3v) is 6.65. The van der Waals surface area contributed by atoms with Gasteiger partial charge in [-0.1, -0.05) is 0 Å². The predicted octanol–water partition coefficient (Wildman–Crippen LogP) is 2.26. The average Bonchev–Trinajstić information content (AvgIpc) is 3.34. The highest BCUT2D eigenvalue weighted by Gasteiger charge is 2.55. The van der Waals surface area contributed by atoms with Gasteiger partial charge < -0.3 is 20.3 Å². The van der Waals surface area contributed by atoms with Crippen LogP contribution in [0.25, 0.3) is 11.0 Å². The molecule has 3 aromatic rings. The zero-order valence-corrected chi connectivity index (χ0v) is 17.3. The lowest BCUT2D eigenvalue weighted by molar-refractivity contribution is -0.128. The molecule has 0 bridgehead atoms. The van der Waals surface area contributed by atoms with Crippen LogP contribution in [-0.2, 0) is 4.79 Å². The minimum absolute atomic E-state index is 0.0375. The van der Waals surface area contributed by atoms with E-state index in [2.05, 4.69) is 30.2 Å². The van der Waals surface area contributed by atoms with E-state index in [0.717, 1.165) is 55.4 Å². The Morgan fingerprint density at radius 1 is 1.42 bits per heavy atom. The summed E-state index contributed by atoms with van der Waals surface area (Å²) in [5.41, 5.74) is 1.54. The van der Waals surface area contributed by atoms with E-state index in [1.54, 1.807) is 13.3 Å². The lowest BCUT2D eigenvalue weighted by Gasteiger charge is -2.39. The molecule has 8 nitrogen and oxygen atoms in total. The molecular formula is C22H25FN6O2. The van der Waals surface area contributed by atoms with Crippen molar-refractivity contribution in [3.8, 4) is 0 Å². The number of piperidine rings is 1. The number of rotatable bonds is 5. The number of H-pyrrole nitrogens is 1. The number of halogens is 1. The molecule has 1 aliphatic carbocycles. The Kier molecular flexibility index (Phi) is 4.85. The Labute approximate surface area is 178 Å². The summed E-state index contributed by atoms with van der Waals surface area (Å²) in [5.74, 6) is 0.361. The summed E-state index contributed by atoms with van der Waals surface area (Å²) in [6, 6.07) is 3.49. The van der Waals surface area contributed by atoms with Crippen LogP contribution in [0.4, 0.5) is 10.2 Å². The second-order valence-corrected chi connectivity index (χ2v) is 8.68. The molecule has 2 aliphatic rings. The van der Waals surface area contributed by atoms with Crippen LogP contribution in [0.15, 0.2) is 30.9 Å². The lowest BCUT2D eigenvalue weighted by Crippen LogP contribution is -2.48. The Hall–Kier alpha value is -3.07. The molecule has 3 aromatic heterocycles. The molecule has 162 valence electrons. The van der Waals surface area contributed by atoms with E-state index in [1.807, 2.05) is 12.3 Å². The summed E-state index contributed by atoms with van der Waals surface area (Å²) in [5, 5.41) is 14.3. The monoisotopic (exact) mass is 424 g/mol. The van der Waals surface area contributed by atoms with Crippen molar-refractivity contribution in [2.75, 3.05) is 24.5 Å². The number of aromatic nitrogens is 4. The number of fused-ring (bicyclic) bond motifs is 1. The van der Waals surface area contributed by atoms with E-state index in [0.29, 0.717) is 11.3 Å². The van der Waals surface area contributed by atoms with Crippen molar-refractivity contribution in [3.05, 3.63) is 47.9 Å². The fraction of sp³-hybridized carbons (Fsp3) is 0.455. The number of hydrogen-bond donors (Lipinski definition) is 3. The Morgan fingerprint density at radius 2 is 2.26 bits per heavy atom. The van der Waals surface area contributed by atoms with Gasteiger partial charge in [0.15, 0.2) is 0 Å². The Balaban J connectivity index is 1.24. The van der Waals surface area contributed by atoms with Crippen LogP contribution in [-0.4, -0.2) is 50.6 Å². The van der Waals surface area contributed by atoms with Crippen LogP contribution in [0, 0.1) is 24.1 Å². The van der Waals surface area contributed by atoms with Gasteiger partial charge in [0.25, 0.3) is 0 Å². The van der Waals surface area contributed by atoms with E-state index in [1.165, 1.54) is 6.07 Å². The van der Waals surface area contributed by atoms with Gasteiger partial charge >= 0.3 is 0 Å². The molecule has 0 radical (unpaired) electrons. The molecule has 1 saturated carbocycles. The van der Waals surface area contributed by atoms with Gasteiger partial charge in [-0.3, -0.25) is 9.78 Å². The predicted molar refractivity (Wildman–Crippen MR) is 113 cm³/mol. The summed E-state index contributed by atoms with van der Waals surface area (Å²) in [4.78, 5) is 31.0. The number of anilines is 1. The lowest BCUT2D eigenvalue weighted by atomic mass is 9.81. The van der Waals surface area contributed by atoms with Crippen molar-refractivity contribution >= 4 is 22.8 Å². The fourth-order valence-corrected chi connectivity index (χ4v) is 4.70. The van der Waals surface area contributed by atoms with Crippen molar-refractivity contribution in [3.63, 3.8) is 0 Å². The van der Waals surface area contributed by atoms with Crippen molar-refractivity contribution in [2.45, 2.75) is 32.3 Å². The molecule has 31 heavy (non-hydrogen) atoms. The molecule has 3 N–H and O–H groups in total. The molecule has 0 aromatic carbocycles. The molecule has 1 aliphatic heterocycles. The number of hydrogen-bond acceptors (Lipinski definition) is 6. The van der Waals surface area contributed by atoms with Gasteiger partial charge in [0.2, 0.25) is 5.91 Å². The second kappa shape index (κ2) is 7.56. The summed E-state index contributed by atoms with van der Waals surface area (Å²) >= 11 is 0. The van der Waals surface area contributed by atoms with Gasteiger partial charge in [0.1, 0.15) is 29.7 Å². The van der Waals surface area contributed by atoms with Crippen molar-refractivity contribution in [2.24, 2.45) is 11.3 Å². The molecule has 1 saturated heterocycles. The molecule has 4 heterocycles. The van der Waals surface area contributed by atoms with Gasteiger partial charge in [0, 0.05) is 31.7 Å². The zero-order chi connectivity index (χ0) is 21.6. The van der Waals surface area contributed by atoms with Crippen LogP contribution in [0.5, 0.6) is 0 Å². The third kappa shape index (κ3) is 3.63. The highest BCUT2D eigenvalue weighted by molar-refractivity contribution is 5.87. The number of amides is 1. The smallest absolute Gasteiger partial charge is 0.223 e. The first-order chi connectivity index (χ1) is 15.0. The Bertz CT molecular complexity index is 1130. The van der Waals surface area contributed by atoms with Crippen LogP contribution < -0.4 is 10.2 Å². The maximum atomic E-state index is 13.4. The maximum Gasteiger partial charge on any atom is 0.223 e. The van der Waals surface area contributed by atoms with Crippen LogP contribution in [0.2, 0.25) is 0 Å². The van der Waals surface area contributed by atoms with E-state index in [9.17, 15) is 14.3 Å². The number of pyridine rings is 1. The van der Waals surface area contributed by atoms with Crippen molar-refractivity contribution < 1.29 is 14.3 Å². The summed E-state index contributed by atoms with van der Waals surface area (Å²) in [7, 11) is 0. The van der Waals surface area contributed by atoms with E-state index in [4.69, 9.17) is 0 Å². The van der Waals surface area contributed by atoms with Crippen LogP contribution in [0.1, 0.15) is 36.6 Å². The van der Waals surface area contributed by atoms with E-state index in [-0.39, 0.29) is 23.8 Å². The molecule has 1 spiro atoms. The molecule has 1 amide bonds. The second-order valence-electron chi connectivity index (χ2n) is 8.68. The topological polar surface area (TPSA) is 107 Å². The minimum Gasteiger partial charge on any atom is -0.385 e. The quantitative estimate of drug-likeness (QED) is 0.580. The highest BCUT2D eigenvalue weighted by atomic mass is 19.1. The van der Waals surface area contributed by atoms with Gasteiger partial charge in [-0.2, -0.15) is 0 Å². The van der Waals surface area contributed by atoms with Crippen LogP contribution >= 0.6 is 0 Å². The molecular weight excluding hydrogens is 399 g/mol. The average molecular weight is 424 g/mol. The summed E-state index contributed by atoms with van der Waals surface area (Å²) in [6.45, 7) is 3.19. The summed E-state index contributed by atoms with van der Waals surface area (Å²) in [6.07, 6.45) is 6.29. The molecule has 9 heteroatoms. The number of aliphatic hydroxyl groups is 1. The Morgan fingerprint density at radius 3 is 3.03 bits per heavy atom. The van der Waals surface area contributed by atoms with Gasteiger partial charge in [-0.05, 0) is 49.3 Å². The first-order valence-electron chi connectivity index (χ1n) is 10.6. The normalized spacial score (nSPS) is 20.7. The largest absolute Gasteiger partial charge is 0.385 e. The first kappa shape index (κ1) is 19.9. The first-order valence-corrected chi connectivity index (χ1v) is 10.6. The SMILES string of the molecule is Cc1cc([C@H](O)CNC(=O)[C@H]2CCN(c3ncnc4[nH]ccc34)CC23CC3)ncc1F. The number of carbonyl (C=O) groups is 1. The fourth-order valence-electron chi connectivity index (χ4n) is 4.70. The third-order valence-electron chi connectivity index (χ3n) is 6.65. The van der Waals surface area contributed by atoms with Crippen molar-refractivity contribution in [1.82, 2.24) is 25.3 Å². The molecule has 2 atom stereocenters. The van der Waals surface area contributed by atoms with Gasteiger partial charge in [-0.25, -0.2) is 14.4 Å². The zero-order valence-electron chi connectivity index (χ0n) is 17.3. The summed E-state index contributed by atoms with van der Waals surface area (Å²) < 4.78 is 13.4. The number of nitrogens with zero attached hydrogens (tertiary/aromatic N) is 4. The van der Waals surface area contributed by atoms with Gasteiger partial charge in [0.05, 0.1) is 17.3 Å². The van der Waals surface area contributed by atoms with Crippen molar-refractivity contribution in [1.29, 1.82) is 0 Å². The number of carbonyl (C=O) groups excluding carboxylic acids is 1. The highest BCUT2D eigenvalue weighted by Crippen LogP contribution is 2.56. The molecule has 0 unspecified atom stereocenters.